The monoisotopic (exact) mass is 913 g/mol. The average Bonchev–Trinajstić information content (AvgIpc) is 4.01. The molecule has 0 bridgehead atoms. The second-order valence-corrected chi connectivity index (χ2v) is 15.6. The number of aryl methyl sites for hydroxylation is 2. The number of fused-ring (bicyclic) bond motifs is 2. The van der Waals surface area contributed by atoms with Crippen molar-refractivity contribution in [1.82, 2.24) is 34.9 Å². The summed E-state index contributed by atoms with van der Waals surface area (Å²) in [4.78, 5) is 59.7. The quantitative estimate of drug-likeness (QED) is 0.0637. The van der Waals surface area contributed by atoms with Crippen molar-refractivity contribution < 1.29 is 23.5 Å². The van der Waals surface area contributed by atoms with E-state index in [-0.39, 0.29) is 29.3 Å². The molecule has 4 aromatic heterocycles. The Morgan fingerprint density at radius 1 is 0.603 bits per heavy atom. The number of oxazole rings is 1. The maximum Gasteiger partial charge on any atom is 0.311 e. The third kappa shape index (κ3) is 11.2. The second-order valence-electron chi connectivity index (χ2n) is 15.6. The van der Waals surface area contributed by atoms with Crippen LogP contribution in [0.3, 0.4) is 0 Å². The summed E-state index contributed by atoms with van der Waals surface area (Å²) < 4.78 is 16.7. The summed E-state index contributed by atoms with van der Waals surface area (Å²) in [5, 5.41) is 14.2. The van der Waals surface area contributed by atoms with Gasteiger partial charge in [0.15, 0.2) is 28.6 Å². The van der Waals surface area contributed by atoms with Crippen molar-refractivity contribution in [1.29, 1.82) is 0 Å². The highest BCUT2D eigenvalue weighted by Gasteiger charge is 2.25. The van der Waals surface area contributed by atoms with E-state index in [1.165, 1.54) is 0 Å². The Bertz CT molecular complexity index is 2870. The van der Waals surface area contributed by atoms with E-state index >= 15 is 0 Å². The van der Waals surface area contributed by atoms with Crippen LogP contribution in [0.25, 0.3) is 22.4 Å². The number of benzene rings is 4. The SMILES string of the molecule is Cc1cccc(/C=N/Nc2nc(N3CCOCC3)c3[nH]c(C(=O)Nc4ccccc4)nc3n2)c1.Cc1cccc(/C=N/Nc2nc(N3CCOCC3)c3nc(C(=O)Nc4ccccc4)oc3n2)c1. The number of hydrogen-bond donors (Lipinski definition) is 5. The van der Waals surface area contributed by atoms with Gasteiger partial charge in [-0.25, -0.2) is 15.8 Å². The lowest BCUT2D eigenvalue weighted by molar-refractivity contribution is 0.0989. The van der Waals surface area contributed by atoms with E-state index in [1.54, 1.807) is 24.6 Å². The Morgan fingerprint density at radius 2 is 1.13 bits per heavy atom. The topological polar surface area (TPSA) is 238 Å². The van der Waals surface area contributed by atoms with Crippen molar-refractivity contribution in [3.63, 3.8) is 0 Å². The minimum Gasteiger partial charge on any atom is -0.413 e. The second kappa shape index (κ2) is 21.1. The summed E-state index contributed by atoms with van der Waals surface area (Å²) in [6.45, 7) is 8.98. The van der Waals surface area contributed by atoms with Crippen LogP contribution in [0.4, 0.5) is 34.9 Å². The molecule has 5 N–H and O–H groups in total. The van der Waals surface area contributed by atoms with Crippen molar-refractivity contribution in [2.24, 2.45) is 10.2 Å². The molecule has 0 atom stereocenters. The first kappa shape index (κ1) is 44.6. The van der Waals surface area contributed by atoms with Gasteiger partial charge in [-0.1, -0.05) is 96.1 Å². The molecule has 2 saturated heterocycles. The van der Waals surface area contributed by atoms with Crippen molar-refractivity contribution in [2.75, 3.05) is 83.9 Å². The molecule has 2 aliphatic rings. The molecule has 0 unspecified atom stereocenters. The van der Waals surface area contributed by atoms with Crippen LogP contribution in [0.1, 0.15) is 43.6 Å². The van der Waals surface area contributed by atoms with E-state index in [0.717, 1.165) is 22.3 Å². The first-order chi connectivity index (χ1) is 33.3. The number of nitrogens with one attached hydrogen (secondary N) is 5. The highest BCUT2D eigenvalue weighted by molar-refractivity contribution is 6.04. The number of imidazole rings is 1. The number of nitrogens with zero attached hydrogens (tertiary/aromatic N) is 10. The Kier molecular flexibility index (Phi) is 13.9. The Hall–Kier alpha value is -8.62. The number of morpholine rings is 2. The molecule has 8 aromatic rings. The summed E-state index contributed by atoms with van der Waals surface area (Å²) in [5.41, 5.74) is 12.9. The van der Waals surface area contributed by atoms with Gasteiger partial charge in [0.25, 0.3) is 17.5 Å². The lowest BCUT2D eigenvalue weighted by atomic mass is 10.2. The van der Waals surface area contributed by atoms with Crippen LogP contribution in [0.2, 0.25) is 0 Å². The zero-order chi connectivity index (χ0) is 46.7. The van der Waals surface area contributed by atoms with E-state index in [2.05, 4.69) is 71.5 Å². The summed E-state index contributed by atoms with van der Waals surface area (Å²) >= 11 is 0. The summed E-state index contributed by atoms with van der Waals surface area (Å²) in [7, 11) is 0. The molecule has 0 spiro atoms. The molecule has 10 rings (SSSR count). The van der Waals surface area contributed by atoms with Crippen LogP contribution in [0, 0.1) is 13.8 Å². The van der Waals surface area contributed by atoms with Crippen LogP contribution in [0.5, 0.6) is 0 Å². The molecule has 20 heteroatoms. The van der Waals surface area contributed by atoms with Gasteiger partial charge in [0.2, 0.25) is 11.9 Å². The number of H-pyrrole nitrogens is 1. The van der Waals surface area contributed by atoms with E-state index < -0.39 is 5.91 Å². The van der Waals surface area contributed by atoms with Crippen LogP contribution >= 0.6 is 0 Å². The number of hydrazone groups is 2. The first-order valence-corrected chi connectivity index (χ1v) is 21.9. The fraction of sp³-hybridized carbons (Fsp3) is 0.208. The number of carbonyl (C=O) groups is 2. The number of anilines is 6. The summed E-state index contributed by atoms with van der Waals surface area (Å²) in [6.07, 6.45) is 3.40. The van der Waals surface area contributed by atoms with E-state index in [4.69, 9.17) is 13.9 Å². The average molecular weight is 914 g/mol. The molecule has 6 heterocycles. The lowest BCUT2D eigenvalue weighted by Gasteiger charge is -2.28. The van der Waals surface area contributed by atoms with Crippen LogP contribution in [-0.2, 0) is 9.47 Å². The first-order valence-electron chi connectivity index (χ1n) is 21.9. The number of carbonyl (C=O) groups excluding carboxylic acids is 2. The minimum absolute atomic E-state index is 0.0944. The molecular weight excluding hydrogens is 867 g/mol. The number of hydrogen-bond acceptors (Lipinski definition) is 17. The minimum atomic E-state index is -0.468. The highest BCUT2D eigenvalue weighted by Crippen LogP contribution is 2.28. The number of para-hydroxylation sites is 2. The van der Waals surface area contributed by atoms with Gasteiger partial charge in [0.1, 0.15) is 5.52 Å². The van der Waals surface area contributed by atoms with Crippen LogP contribution < -0.4 is 31.3 Å². The number of aromatic nitrogens is 7. The maximum atomic E-state index is 12.8. The van der Waals surface area contributed by atoms with Crippen molar-refractivity contribution in [3.05, 3.63) is 143 Å². The standard InChI is InChI=1S/C24H24N8O2.C24H23N7O3/c1-16-6-5-7-17(14-16)15-25-31-24-29-20-19(22(30-24)32-10-12-34-13-11-32)27-21(28-20)23(33)26-18-8-3-2-4-9-18;1-16-6-5-7-17(14-16)15-25-30-24-28-20(31-10-12-33-13-11-31)19-22(29-24)34-23(27-19)21(32)26-18-8-3-2-4-9-18/h2-9,14-15H,10-13H2,1H3,(H,26,33)(H2,27,28,29,30,31);2-9,14-15H,10-13H2,1H3,(H,26,32)(H,28,29,30)/b2*25-15+. The van der Waals surface area contributed by atoms with Gasteiger partial charge >= 0.3 is 5.91 Å². The van der Waals surface area contributed by atoms with Crippen LogP contribution in [0.15, 0.2) is 124 Å². The van der Waals surface area contributed by atoms with Gasteiger partial charge in [-0.05, 0) is 49.2 Å². The molecule has 2 fully saturated rings. The Labute approximate surface area is 390 Å². The maximum absolute atomic E-state index is 12.8. The lowest BCUT2D eigenvalue weighted by Crippen LogP contribution is -2.37. The van der Waals surface area contributed by atoms with Gasteiger partial charge in [0.05, 0.1) is 38.9 Å². The number of ether oxygens (including phenoxy) is 2. The molecule has 344 valence electrons. The van der Waals surface area contributed by atoms with Gasteiger partial charge in [0, 0.05) is 37.6 Å². The van der Waals surface area contributed by atoms with Gasteiger partial charge in [-0.15, -0.1) is 0 Å². The van der Waals surface area contributed by atoms with E-state index in [9.17, 15) is 9.59 Å². The van der Waals surface area contributed by atoms with Gasteiger partial charge < -0.3 is 39.3 Å². The smallest absolute Gasteiger partial charge is 0.311 e. The number of rotatable bonds is 12. The fourth-order valence-electron chi connectivity index (χ4n) is 7.24. The Balaban J connectivity index is 0.000000170. The molecular formula is C48H47N15O5. The van der Waals surface area contributed by atoms with Crippen molar-refractivity contribution in [2.45, 2.75) is 13.8 Å². The largest absolute Gasteiger partial charge is 0.413 e. The normalized spacial score (nSPS) is 14.0. The predicted molar refractivity (Wildman–Crippen MR) is 261 cm³/mol. The third-order valence-corrected chi connectivity index (χ3v) is 10.5. The molecule has 20 nitrogen and oxygen atoms in total. The Morgan fingerprint density at radius 3 is 1.71 bits per heavy atom. The zero-order valence-electron chi connectivity index (χ0n) is 37.2. The highest BCUT2D eigenvalue weighted by atomic mass is 16.5. The zero-order valence-corrected chi connectivity index (χ0v) is 37.2. The summed E-state index contributed by atoms with van der Waals surface area (Å²) in [6, 6.07) is 34.3. The van der Waals surface area contributed by atoms with Crippen LogP contribution in [-0.4, -0.2) is 112 Å². The summed E-state index contributed by atoms with van der Waals surface area (Å²) in [5.74, 6) is 0.972. The number of aromatic amines is 1. The van der Waals surface area contributed by atoms with E-state index in [1.807, 2.05) is 116 Å². The van der Waals surface area contributed by atoms with E-state index in [0.29, 0.717) is 98.2 Å². The van der Waals surface area contributed by atoms with Crippen molar-refractivity contribution >= 4 is 81.5 Å². The molecule has 0 aliphatic carbocycles. The molecule has 68 heavy (non-hydrogen) atoms. The fourth-order valence-corrected chi connectivity index (χ4v) is 7.24. The molecule has 0 radical (unpaired) electrons. The van der Waals surface area contributed by atoms with Crippen molar-refractivity contribution in [3.8, 4) is 0 Å². The van der Waals surface area contributed by atoms with Gasteiger partial charge in [-0.2, -0.15) is 35.1 Å². The predicted octanol–water partition coefficient (Wildman–Crippen LogP) is 6.66. The van der Waals surface area contributed by atoms with Gasteiger partial charge in [-0.3, -0.25) is 9.59 Å². The molecule has 0 saturated carbocycles. The molecule has 2 aliphatic heterocycles. The molecule has 2 amide bonds. The third-order valence-electron chi connectivity index (χ3n) is 10.5. The molecule has 4 aromatic carbocycles. The number of amides is 2.